The molecule has 2 aromatic carbocycles. The first kappa shape index (κ1) is 17.5. The van der Waals surface area contributed by atoms with Gasteiger partial charge < -0.3 is 19.2 Å². The SMILES string of the molecule is COc1ccc(NC(=O)CCc2ncc(-c3cccc(OC)c3)o2)cc1. The van der Waals surface area contributed by atoms with Gasteiger partial charge in [0.25, 0.3) is 0 Å². The Labute approximate surface area is 151 Å². The Balaban J connectivity index is 1.56. The third-order valence-corrected chi connectivity index (χ3v) is 3.85. The van der Waals surface area contributed by atoms with Gasteiger partial charge in [0.15, 0.2) is 11.7 Å². The lowest BCUT2D eigenvalue weighted by Gasteiger charge is -2.05. The van der Waals surface area contributed by atoms with Crippen molar-refractivity contribution in [3.05, 3.63) is 60.6 Å². The van der Waals surface area contributed by atoms with Crippen LogP contribution in [0.15, 0.2) is 59.1 Å². The molecule has 0 aliphatic carbocycles. The predicted octanol–water partition coefficient (Wildman–Crippen LogP) is 3.93. The second kappa shape index (κ2) is 8.20. The first-order valence-electron chi connectivity index (χ1n) is 8.21. The van der Waals surface area contributed by atoms with Crippen LogP contribution >= 0.6 is 0 Å². The van der Waals surface area contributed by atoms with E-state index in [1.807, 2.05) is 24.3 Å². The lowest BCUT2D eigenvalue weighted by Crippen LogP contribution is -2.12. The van der Waals surface area contributed by atoms with Crippen LogP contribution in [-0.2, 0) is 11.2 Å². The molecule has 1 N–H and O–H groups in total. The van der Waals surface area contributed by atoms with Crippen LogP contribution in [0.3, 0.4) is 0 Å². The Hall–Kier alpha value is -3.28. The molecule has 0 saturated heterocycles. The summed E-state index contributed by atoms with van der Waals surface area (Å²) in [5.41, 5.74) is 1.60. The molecule has 0 bridgehead atoms. The zero-order valence-electron chi connectivity index (χ0n) is 14.7. The van der Waals surface area contributed by atoms with Gasteiger partial charge in [0.1, 0.15) is 11.5 Å². The van der Waals surface area contributed by atoms with Crippen molar-refractivity contribution in [2.45, 2.75) is 12.8 Å². The second-order valence-corrected chi connectivity index (χ2v) is 5.63. The Kier molecular flexibility index (Phi) is 5.53. The molecule has 0 saturated carbocycles. The topological polar surface area (TPSA) is 73.6 Å². The summed E-state index contributed by atoms with van der Waals surface area (Å²) in [6.07, 6.45) is 2.36. The first-order valence-corrected chi connectivity index (χ1v) is 8.21. The fourth-order valence-corrected chi connectivity index (χ4v) is 2.45. The van der Waals surface area contributed by atoms with Crippen molar-refractivity contribution in [2.75, 3.05) is 19.5 Å². The van der Waals surface area contributed by atoms with Gasteiger partial charge in [-0.2, -0.15) is 0 Å². The molecule has 0 spiro atoms. The summed E-state index contributed by atoms with van der Waals surface area (Å²) in [5.74, 6) is 2.56. The molecule has 3 rings (SSSR count). The molecule has 1 amide bonds. The largest absolute Gasteiger partial charge is 0.497 e. The summed E-state index contributed by atoms with van der Waals surface area (Å²) in [6.45, 7) is 0. The lowest BCUT2D eigenvalue weighted by molar-refractivity contribution is -0.116. The number of hydrogen-bond donors (Lipinski definition) is 1. The average Bonchev–Trinajstić information content (AvgIpc) is 3.16. The van der Waals surface area contributed by atoms with Crippen molar-refractivity contribution in [1.82, 2.24) is 4.98 Å². The number of nitrogens with zero attached hydrogens (tertiary/aromatic N) is 1. The van der Waals surface area contributed by atoms with Gasteiger partial charge in [-0.1, -0.05) is 12.1 Å². The first-order chi connectivity index (χ1) is 12.7. The maximum Gasteiger partial charge on any atom is 0.224 e. The molecule has 6 heteroatoms. The molecule has 0 fully saturated rings. The number of aromatic nitrogens is 1. The van der Waals surface area contributed by atoms with Crippen molar-refractivity contribution in [1.29, 1.82) is 0 Å². The number of ether oxygens (including phenoxy) is 2. The van der Waals surface area contributed by atoms with E-state index in [0.29, 0.717) is 18.1 Å². The minimum atomic E-state index is -0.101. The molecule has 0 atom stereocenters. The zero-order valence-corrected chi connectivity index (χ0v) is 14.7. The summed E-state index contributed by atoms with van der Waals surface area (Å²) in [6, 6.07) is 14.7. The molecule has 0 aliphatic heterocycles. The number of aryl methyl sites for hydroxylation is 1. The highest BCUT2D eigenvalue weighted by molar-refractivity contribution is 5.90. The van der Waals surface area contributed by atoms with Crippen LogP contribution in [0.2, 0.25) is 0 Å². The van der Waals surface area contributed by atoms with Crippen LogP contribution in [0.5, 0.6) is 11.5 Å². The minimum absolute atomic E-state index is 0.101. The van der Waals surface area contributed by atoms with Crippen LogP contribution in [-0.4, -0.2) is 25.1 Å². The van der Waals surface area contributed by atoms with Crippen LogP contribution < -0.4 is 14.8 Å². The van der Waals surface area contributed by atoms with E-state index in [9.17, 15) is 4.79 Å². The molecular weight excluding hydrogens is 332 g/mol. The van der Waals surface area contributed by atoms with Crippen molar-refractivity contribution >= 4 is 11.6 Å². The third-order valence-electron chi connectivity index (χ3n) is 3.85. The number of methoxy groups -OCH3 is 2. The van der Waals surface area contributed by atoms with Gasteiger partial charge in [0, 0.05) is 24.1 Å². The van der Waals surface area contributed by atoms with Crippen LogP contribution in [0.1, 0.15) is 12.3 Å². The number of carbonyl (C=O) groups is 1. The Morgan fingerprint density at radius 3 is 2.58 bits per heavy atom. The fourth-order valence-electron chi connectivity index (χ4n) is 2.45. The number of hydrogen-bond acceptors (Lipinski definition) is 5. The van der Waals surface area contributed by atoms with Gasteiger partial charge in [0.05, 0.1) is 20.4 Å². The third kappa shape index (κ3) is 4.42. The van der Waals surface area contributed by atoms with Crippen molar-refractivity contribution in [3.63, 3.8) is 0 Å². The highest BCUT2D eigenvalue weighted by Gasteiger charge is 2.10. The fraction of sp³-hybridized carbons (Fsp3) is 0.200. The van der Waals surface area contributed by atoms with Gasteiger partial charge in [-0.25, -0.2) is 4.98 Å². The molecule has 26 heavy (non-hydrogen) atoms. The van der Waals surface area contributed by atoms with E-state index in [2.05, 4.69) is 10.3 Å². The summed E-state index contributed by atoms with van der Waals surface area (Å²) in [7, 11) is 3.22. The number of nitrogens with one attached hydrogen (secondary N) is 1. The number of benzene rings is 2. The van der Waals surface area contributed by atoms with Crippen LogP contribution in [0.4, 0.5) is 5.69 Å². The van der Waals surface area contributed by atoms with Crippen molar-refractivity contribution in [2.24, 2.45) is 0 Å². The smallest absolute Gasteiger partial charge is 0.224 e. The zero-order chi connectivity index (χ0) is 18.4. The molecule has 6 nitrogen and oxygen atoms in total. The highest BCUT2D eigenvalue weighted by Crippen LogP contribution is 2.24. The maximum atomic E-state index is 12.1. The van der Waals surface area contributed by atoms with Gasteiger partial charge in [-0.15, -0.1) is 0 Å². The van der Waals surface area contributed by atoms with E-state index in [1.165, 1.54) is 0 Å². The number of amides is 1. The van der Waals surface area contributed by atoms with E-state index in [-0.39, 0.29) is 12.3 Å². The standard InChI is InChI=1S/C20H20N2O4/c1-24-16-8-6-15(7-9-16)22-19(23)10-11-20-21-13-18(26-20)14-4-3-5-17(12-14)25-2/h3-9,12-13H,10-11H2,1-2H3,(H,22,23). The number of rotatable bonds is 7. The van der Waals surface area contributed by atoms with E-state index in [1.54, 1.807) is 44.7 Å². The van der Waals surface area contributed by atoms with Crippen LogP contribution in [0.25, 0.3) is 11.3 Å². The Morgan fingerprint density at radius 2 is 1.85 bits per heavy atom. The van der Waals surface area contributed by atoms with E-state index >= 15 is 0 Å². The monoisotopic (exact) mass is 352 g/mol. The number of carbonyl (C=O) groups excluding carboxylic acids is 1. The molecule has 0 radical (unpaired) electrons. The number of anilines is 1. The second-order valence-electron chi connectivity index (χ2n) is 5.63. The summed E-state index contributed by atoms with van der Waals surface area (Å²) >= 11 is 0. The molecule has 0 unspecified atom stereocenters. The van der Waals surface area contributed by atoms with E-state index in [4.69, 9.17) is 13.9 Å². The van der Waals surface area contributed by atoms with E-state index < -0.39 is 0 Å². The van der Waals surface area contributed by atoms with Gasteiger partial charge in [0.2, 0.25) is 5.91 Å². The molecular formula is C20H20N2O4. The Bertz CT molecular complexity index is 872. The highest BCUT2D eigenvalue weighted by atomic mass is 16.5. The van der Waals surface area contributed by atoms with Gasteiger partial charge >= 0.3 is 0 Å². The van der Waals surface area contributed by atoms with Gasteiger partial charge in [-0.3, -0.25) is 4.79 Å². The van der Waals surface area contributed by atoms with Crippen molar-refractivity contribution < 1.29 is 18.7 Å². The molecule has 3 aromatic rings. The number of oxazole rings is 1. The maximum absolute atomic E-state index is 12.1. The minimum Gasteiger partial charge on any atom is -0.497 e. The molecule has 1 aromatic heterocycles. The average molecular weight is 352 g/mol. The van der Waals surface area contributed by atoms with Crippen LogP contribution in [0, 0.1) is 0 Å². The van der Waals surface area contributed by atoms with E-state index in [0.717, 1.165) is 22.7 Å². The quantitative estimate of drug-likeness (QED) is 0.697. The predicted molar refractivity (Wildman–Crippen MR) is 98.4 cm³/mol. The van der Waals surface area contributed by atoms with Gasteiger partial charge in [-0.05, 0) is 36.4 Å². The molecule has 1 heterocycles. The lowest BCUT2D eigenvalue weighted by atomic mass is 10.2. The Morgan fingerprint density at radius 1 is 1.08 bits per heavy atom. The molecule has 0 aliphatic rings. The summed E-state index contributed by atoms with van der Waals surface area (Å²) in [5, 5.41) is 2.84. The summed E-state index contributed by atoms with van der Waals surface area (Å²) < 4.78 is 16.0. The summed E-state index contributed by atoms with van der Waals surface area (Å²) in [4.78, 5) is 16.3. The normalized spacial score (nSPS) is 10.4. The van der Waals surface area contributed by atoms with Crippen molar-refractivity contribution in [3.8, 4) is 22.8 Å². The molecule has 134 valence electrons.